The second-order valence-corrected chi connectivity index (χ2v) is 7.86. The molecule has 0 saturated heterocycles. The van der Waals surface area contributed by atoms with Gasteiger partial charge in [0.1, 0.15) is 0 Å². The molecule has 4 rings (SSSR count). The van der Waals surface area contributed by atoms with Crippen LogP contribution < -0.4 is 0 Å². The van der Waals surface area contributed by atoms with Crippen LogP contribution in [0.1, 0.15) is 22.1 Å². The number of para-hydroxylation sites is 1. The summed E-state index contributed by atoms with van der Waals surface area (Å²) in [7, 11) is 0. The third-order valence-electron chi connectivity index (χ3n) is 4.05. The number of hydrogen-bond donors (Lipinski definition) is 0. The average molecular weight is 366 g/mol. The van der Waals surface area contributed by atoms with Gasteiger partial charge in [-0.3, -0.25) is 15.1 Å². The number of nitro benzene ring substituents is 1. The fraction of sp³-hybridized carbons (Fsp3) is 0.105. The van der Waals surface area contributed by atoms with Crippen LogP contribution in [0.4, 0.5) is 11.4 Å². The lowest BCUT2D eigenvalue weighted by atomic mass is 10.1. The van der Waals surface area contributed by atoms with Crippen LogP contribution in [0.25, 0.3) is 0 Å². The van der Waals surface area contributed by atoms with Crippen molar-refractivity contribution in [3.05, 3.63) is 86.6 Å². The van der Waals surface area contributed by atoms with Gasteiger partial charge in [0.25, 0.3) is 5.69 Å². The predicted octanol–water partition coefficient (Wildman–Crippen LogP) is 6.01. The van der Waals surface area contributed by atoms with Crippen molar-refractivity contribution in [2.45, 2.75) is 16.6 Å². The van der Waals surface area contributed by atoms with Gasteiger partial charge in [-0.15, -0.1) is 23.1 Å². The summed E-state index contributed by atoms with van der Waals surface area (Å²) in [6.07, 6.45) is 0.789. The Morgan fingerprint density at radius 3 is 2.56 bits per heavy atom. The molecule has 2 heterocycles. The van der Waals surface area contributed by atoms with Crippen LogP contribution in [0.2, 0.25) is 0 Å². The third kappa shape index (κ3) is 3.36. The molecule has 3 aromatic rings. The fourth-order valence-electron chi connectivity index (χ4n) is 2.81. The van der Waals surface area contributed by atoms with Crippen LogP contribution in [0.3, 0.4) is 0 Å². The molecule has 0 bridgehead atoms. The summed E-state index contributed by atoms with van der Waals surface area (Å²) in [5, 5.41) is 13.1. The van der Waals surface area contributed by atoms with Gasteiger partial charge >= 0.3 is 0 Å². The largest absolute Gasteiger partial charge is 0.269 e. The molecule has 1 atom stereocenters. The Morgan fingerprint density at radius 1 is 1.04 bits per heavy atom. The molecule has 25 heavy (non-hydrogen) atoms. The molecule has 0 saturated carbocycles. The quantitative estimate of drug-likeness (QED) is 0.421. The number of nitro groups is 1. The maximum atomic E-state index is 10.9. The minimum absolute atomic E-state index is 0.120. The van der Waals surface area contributed by atoms with Crippen LogP contribution in [-0.2, 0) is 0 Å². The van der Waals surface area contributed by atoms with Gasteiger partial charge in [-0.2, -0.15) is 0 Å². The lowest BCUT2D eigenvalue weighted by Gasteiger charge is -2.15. The number of nitrogens with zero attached hydrogens (tertiary/aromatic N) is 2. The first-order valence-corrected chi connectivity index (χ1v) is 9.58. The molecule has 1 aliphatic rings. The van der Waals surface area contributed by atoms with Crippen LogP contribution in [0, 0.1) is 10.1 Å². The summed E-state index contributed by atoms with van der Waals surface area (Å²) in [5.41, 5.74) is 3.25. The number of non-ortho nitro benzene ring substituents is 1. The molecule has 124 valence electrons. The first-order chi connectivity index (χ1) is 12.2. The normalized spacial score (nSPS) is 16.6. The molecule has 4 nitrogen and oxygen atoms in total. The number of thiophene rings is 1. The molecule has 0 N–H and O–H groups in total. The molecule has 6 heteroatoms. The molecular formula is C19H14N2O2S2. The van der Waals surface area contributed by atoms with Crippen LogP contribution in [0.5, 0.6) is 0 Å². The Labute approximate surface area is 153 Å². The maximum absolute atomic E-state index is 10.9. The highest BCUT2D eigenvalue weighted by Crippen LogP contribution is 2.45. The molecule has 0 fully saturated rings. The van der Waals surface area contributed by atoms with Crippen LogP contribution in [0.15, 0.2) is 75.9 Å². The monoisotopic (exact) mass is 366 g/mol. The minimum Gasteiger partial charge on any atom is -0.258 e. The standard InChI is InChI=1S/C19H14N2O2S2/c22-21(23)14-9-7-13(8-10-14)19-12-16(17-6-3-11-24-17)20-15-4-1-2-5-18(15)25-19/h1-11,19H,12H2/t19-/m0/s1. The Hall–Kier alpha value is -2.44. The van der Waals surface area contributed by atoms with Gasteiger partial charge in [0.15, 0.2) is 0 Å². The molecule has 1 aromatic heterocycles. The first-order valence-electron chi connectivity index (χ1n) is 7.82. The van der Waals surface area contributed by atoms with E-state index in [1.54, 1.807) is 35.2 Å². The van der Waals surface area contributed by atoms with Crippen molar-refractivity contribution in [1.29, 1.82) is 0 Å². The molecule has 1 aliphatic heterocycles. The van der Waals surface area contributed by atoms with Gasteiger partial charge in [0.05, 0.1) is 16.3 Å². The molecular weight excluding hydrogens is 352 g/mol. The van der Waals surface area contributed by atoms with Crippen LogP contribution in [-0.4, -0.2) is 10.6 Å². The van der Waals surface area contributed by atoms with Gasteiger partial charge in [0.2, 0.25) is 0 Å². The number of aliphatic imine (C=N–C) groups is 1. The van der Waals surface area contributed by atoms with E-state index in [1.807, 2.05) is 36.4 Å². The summed E-state index contributed by atoms with van der Waals surface area (Å²) in [4.78, 5) is 17.7. The van der Waals surface area contributed by atoms with Gasteiger partial charge in [0, 0.05) is 33.6 Å². The van der Waals surface area contributed by atoms with E-state index < -0.39 is 0 Å². The molecule has 0 amide bonds. The predicted molar refractivity (Wildman–Crippen MR) is 103 cm³/mol. The molecule has 0 radical (unpaired) electrons. The van der Waals surface area contributed by atoms with Crippen LogP contribution >= 0.6 is 23.1 Å². The maximum Gasteiger partial charge on any atom is 0.269 e. The van der Waals surface area contributed by atoms with E-state index >= 15 is 0 Å². The van der Waals surface area contributed by atoms with E-state index in [2.05, 4.69) is 17.5 Å². The number of hydrogen-bond acceptors (Lipinski definition) is 5. The summed E-state index contributed by atoms with van der Waals surface area (Å²) >= 11 is 3.45. The van der Waals surface area contributed by atoms with Crippen molar-refractivity contribution < 1.29 is 4.92 Å². The average Bonchev–Trinajstić information content (AvgIpc) is 3.09. The number of rotatable bonds is 3. The van der Waals surface area contributed by atoms with E-state index in [1.165, 1.54) is 4.88 Å². The first kappa shape index (κ1) is 16.1. The highest BCUT2D eigenvalue weighted by molar-refractivity contribution is 7.99. The van der Waals surface area contributed by atoms with Gasteiger partial charge in [-0.05, 0) is 29.1 Å². The Kier molecular flexibility index (Phi) is 4.38. The third-order valence-corrected chi connectivity index (χ3v) is 6.29. The zero-order chi connectivity index (χ0) is 17.2. The van der Waals surface area contributed by atoms with Crippen molar-refractivity contribution in [3.63, 3.8) is 0 Å². The van der Waals surface area contributed by atoms with Crippen molar-refractivity contribution >= 4 is 40.2 Å². The zero-order valence-corrected chi connectivity index (χ0v) is 14.8. The van der Waals surface area contributed by atoms with Gasteiger partial charge in [-0.25, -0.2) is 0 Å². The molecule has 0 aliphatic carbocycles. The van der Waals surface area contributed by atoms with E-state index in [-0.39, 0.29) is 15.9 Å². The molecule has 0 spiro atoms. The van der Waals surface area contributed by atoms with E-state index in [0.717, 1.165) is 28.3 Å². The highest BCUT2D eigenvalue weighted by Gasteiger charge is 2.23. The van der Waals surface area contributed by atoms with Crippen molar-refractivity contribution in [2.24, 2.45) is 4.99 Å². The van der Waals surface area contributed by atoms with E-state index in [9.17, 15) is 10.1 Å². The van der Waals surface area contributed by atoms with Gasteiger partial charge in [-0.1, -0.05) is 30.3 Å². The number of benzene rings is 2. The molecule has 0 unspecified atom stereocenters. The Bertz CT molecular complexity index is 934. The summed E-state index contributed by atoms with van der Waals surface area (Å²) in [6, 6.07) is 19.1. The second-order valence-electron chi connectivity index (χ2n) is 5.66. The van der Waals surface area contributed by atoms with E-state index in [4.69, 9.17) is 4.99 Å². The minimum atomic E-state index is -0.363. The smallest absolute Gasteiger partial charge is 0.258 e. The fourth-order valence-corrected chi connectivity index (χ4v) is 4.76. The summed E-state index contributed by atoms with van der Waals surface area (Å²) < 4.78 is 0. The highest BCUT2D eigenvalue weighted by atomic mass is 32.2. The van der Waals surface area contributed by atoms with Crippen molar-refractivity contribution in [2.75, 3.05) is 0 Å². The topological polar surface area (TPSA) is 55.5 Å². The summed E-state index contributed by atoms with van der Waals surface area (Å²) in [5.74, 6) is 0. The number of fused-ring (bicyclic) bond motifs is 1. The van der Waals surface area contributed by atoms with Crippen molar-refractivity contribution in [1.82, 2.24) is 0 Å². The van der Waals surface area contributed by atoms with Crippen molar-refractivity contribution in [3.8, 4) is 0 Å². The summed E-state index contributed by atoms with van der Waals surface area (Å²) in [6.45, 7) is 0. The Morgan fingerprint density at radius 2 is 1.84 bits per heavy atom. The number of thioether (sulfide) groups is 1. The van der Waals surface area contributed by atoms with Gasteiger partial charge < -0.3 is 0 Å². The lowest BCUT2D eigenvalue weighted by Crippen LogP contribution is -2.03. The zero-order valence-electron chi connectivity index (χ0n) is 13.2. The SMILES string of the molecule is O=[N+]([O-])c1ccc([C@@H]2CC(c3cccs3)=Nc3ccccc3S2)cc1. The second kappa shape index (κ2) is 6.82. The molecule has 2 aromatic carbocycles. The van der Waals surface area contributed by atoms with E-state index in [0.29, 0.717) is 0 Å². The lowest BCUT2D eigenvalue weighted by molar-refractivity contribution is -0.384. The Balaban J connectivity index is 1.74.